The molecular formula is C22H15ClN4OS2. The average Bonchev–Trinajstić information content (AvgIpc) is 3.36. The molecule has 0 aliphatic rings. The van der Waals surface area contributed by atoms with Crippen LogP contribution >= 0.6 is 34.3 Å². The number of fused-ring (bicyclic) bond motifs is 2. The molecule has 5 aromatic rings. The number of anilines is 1. The molecule has 0 spiro atoms. The summed E-state index contributed by atoms with van der Waals surface area (Å²) in [5, 5.41) is 1.73. The Kier molecular flexibility index (Phi) is 4.94. The molecule has 1 amide bonds. The number of carbonyl (C=O) groups is 1. The molecule has 5 nitrogen and oxygen atoms in total. The average molecular weight is 451 g/mol. The van der Waals surface area contributed by atoms with Crippen LogP contribution in [0.25, 0.3) is 20.4 Å². The van der Waals surface area contributed by atoms with E-state index in [0.717, 1.165) is 31.6 Å². The first-order valence-electron chi connectivity index (χ1n) is 9.21. The molecule has 0 fully saturated rings. The summed E-state index contributed by atoms with van der Waals surface area (Å²) < 4.78 is 1.93. The minimum absolute atomic E-state index is 0.171. The number of thiazole rings is 2. The Hall–Kier alpha value is -2.87. The molecule has 2 aromatic carbocycles. The lowest BCUT2D eigenvalue weighted by atomic mass is 10.2. The fourth-order valence-electron chi connectivity index (χ4n) is 3.23. The number of hydrogen-bond donors (Lipinski definition) is 0. The highest BCUT2D eigenvalue weighted by Gasteiger charge is 2.25. The van der Waals surface area contributed by atoms with Crippen LogP contribution in [0.5, 0.6) is 0 Å². The molecule has 0 aliphatic heterocycles. The molecule has 8 heteroatoms. The molecule has 5 rings (SSSR count). The summed E-state index contributed by atoms with van der Waals surface area (Å²) in [4.78, 5) is 28.6. The molecule has 0 unspecified atom stereocenters. The molecule has 0 bridgehead atoms. The van der Waals surface area contributed by atoms with E-state index in [-0.39, 0.29) is 5.91 Å². The van der Waals surface area contributed by atoms with E-state index >= 15 is 0 Å². The molecule has 3 aromatic heterocycles. The summed E-state index contributed by atoms with van der Waals surface area (Å²) in [6.07, 6.45) is 3.44. The van der Waals surface area contributed by atoms with Gasteiger partial charge >= 0.3 is 0 Å². The van der Waals surface area contributed by atoms with E-state index in [1.807, 2.05) is 55.5 Å². The lowest BCUT2D eigenvalue weighted by Gasteiger charge is -2.18. The largest absolute Gasteiger partial charge is 0.289 e. The third-order valence-electron chi connectivity index (χ3n) is 4.68. The van der Waals surface area contributed by atoms with Crippen molar-refractivity contribution >= 4 is 65.7 Å². The minimum atomic E-state index is -0.171. The predicted octanol–water partition coefficient (Wildman–Crippen LogP) is 6.11. The van der Waals surface area contributed by atoms with Gasteiger partial charge in [-0.3, -0.25) is 14.7 Å². The normalized spacial score (nSPS) is 11.3. The lowest BCUT2D eigenvalue weighted by Crippen LogP contribution is -2.30. The van der Waals surface area contributed by atoms with Crippen LogP contribution < -0.4 is 4.90 Å². The van der Waals surface area contributed by atoms with E-state index in [1.54, 1.807) is 17.3 Å². The molecular weight excluding hydrogens is 436 g/mol. The smallest absolute Gasteiger partial charge is 0.277 e. The lowest BCUT2D eigenvalue weighted by molar-refractivity contribution is 0.0985. The fourth-order valence-corrected chi connectivity index (χ4v) is 5.57. The highest BCUT2D eigenvalue weighted by Crippen LogP contribution is 2.35. The van der Waals surface area contributed by atoms with Crippen LogP contribution in [0.1, 0.15) is 20.9 Å². The number of carbonyl (C=O) groups excluding carboxylic acids is 1. The van der Waals surface area contributed by atoms with Gasteiger partial charge in [0.2, 0.25) is 0 Å². The van der Waals surface area contributed by atoms with Gasteiger partial charge in [-0.2, -0.15) is 0 Å². The first kappa shape index (κ1) is 19.1. The molecule has 0 atom stereocenters. The van der Waals surface area contributed by atoms with Crippen molar-refractivity contribution < 1.29 is 4.79 Å². The summed E-state index contributed by atoms with van der Waals surface area (Å²) in [6, 6.07) is 15.3. The summed E-state index contributed by atoms with van der Waals surface area (Å²) >= 11 is 9.08. The Labute approximate surface area is 185 Å². The molecule has 0 N–H and O–H groups in total. The minimum Gasteiger partial charge on any atom is -0.277 e. The van der Waals surface area contributed by atoms with Crippen LogP contribution in [-0.2, 0) is 6.54 Å². The summed E-state index contributed by atoms with van der Waals surface area (Å²) in [5.74, 6) is -0.171. The van der Waals surface area contributed by atoms with E-state index in [2.05, 4.69) is 9.97 Å². The van der Waals surface area contributed by atoms with E-state index in [9.17, 15) is 4.79 Å². The third-order valence-corrected chi connectivity index (χ3v) is 6.95. The van der Waals surface area contributed by atoms with Crippen LogP contribution in [0.2, 0.25) is 5.02 Å². The van der Waals surface area contributed by atoms with Gasteiger partial charge < -0.3 is 0 Å². The third kappa shape index (κ3) is 3.56. The zero-order valence-electron chi connectivity index (χ0n) is 15.9. The van der Waals surface area contributed by atoms with Crippen molar-refractivity contribution in [1.29, 1.82) is 0 Å². The van der Waals surface area contributed by atoms with Gasteiger partial charge in [0, 0.05) is 17.4 Å². The van der Waals surface area contributed by atoms with Gasteiger partial charge in [0.05, 0.1) is 27.0 Å². The number of para-hydroxylation sites is 1. The number of rotatable bonds is 4. The van der Waals surface area contributed by atoms with Gasteiger partial charge in [-0.05, 0) is 54.4 Å². The van der Waals surface area contributed by atoms with Crippen molar-refractivity contribution in [3.63, 3.8) is 0 Å². The van der Waals surface area contributed by atoms with Crippen molar-refractivity contribution in [2.24, 2.45) is 0 Å². The Morgan fingerprint density at radius 3 is 2.63 bits per heavy atom. The van der Waals surface area contributed by atoms with E-state index in [4.69, 9.17) is 16.6 Å². The van der Waals surface area contributed by atoms with Crippen LogP contribution in [-0.4, -0.2) is 20.9 Å². The number of halogens is 1. The van der Waals surface area contributed by atoms with E-state index in [1.165, 1.54) is 22.7 Å². The van der Waals surface area contributed by atoms with Crippen molar-refractivity contribution in [2.75, 3.05) is 4.90 Å². The number of nitrogens with zero attached hydrogens (tertiary/aromatic N) is 4. The summed E-state index contributed by atoms with van der Waals surface area (Å²) in [7, 11) is 0. The van der Waals surface area contributed by atoms with E-state index in [0.29, 0.717) is 21.7 Å². The maximum Gasteiger partial charge on any atom is 0.289 e. The van der Waals surface area contributed by atoms with Gasteiger partial charge in [0.1, 0.15) is 0 Å². The highest BCUT2D eigenvalue weighted by molar-refractivity contribution is 7.23. The Bertz CT molecular complexity index is 1350. The molecule has 0 saturated heterocycles. The maximum atomic E-state index is 13.5. The predicted molar refractivity (Wildman–Crippen MR) is 124 cm³/mol. The van der Waals surface area contributed by atoms with Gasteiger partial charge in [0.25, 0.3) is 5.91 Å². The number of aryl methyl sites for hydroxylation is 1. The highest BCUT2D eigenvalue weighted by atomic mass is 35.5. The van der Waals surface area contributed by atoms with Crippen LogP contribution in [0.4, 0.5) is 5.13 Å². The Morgan fingerprint density at radius 2 is 1.83 bits per heavy atom. The van der Waals surface area contributed by atoms with Crippen LogP contribution in [0.15, 0.2) is 60.9 Å². The van der Waals surface area contributed by atoms with Crippen LogP contribution in [0, 0.1) is 6.92 Å². The Morgan fingerprint density at radius 1 is 1.03 bits per heavy atom. The van der Waals surface area contributed by atoms with Gasteiger partial charge in [0.15, 0.2) is 10.1 Å². The number of hydrogen-bond acceptors (Lipinski definition) is 6. The first-order chi connectivity index (χ1) is 14.6. The van der Waals surface area contributed by atoms with Crippen molar-refractivity contribution in [2.45, 2.75) is 13.5 Å². The van der Waals surface area contributed by atoms with Crippen molar-refractivity contribution in [3.8, 4) is 0 Å². The summed E-state index contributed by atoms with van der Waals surface area (Å²) in [6.45, 7) is 2.35. The topological polar surface area (TPSA) is 59.0 Å². The zero-order chi connectivity index (χ0) is 20.7. The summed E-state index contributed by atoms with van der Waals surface area (Å²) in [5.41, 5.74) is 3.63. The standard InChI is InChI=1S/C22H15ClN4OS2/c1-13-10-15(23)11-18-19(13)26-22(30-18)27(12-14-6-8-24-9-7-14)21(28)20-25-16-4-2-3-5-17(16)29-20/h2-11H,12H2,1H3. The molecule has 148 valence electrons. The second-order valence-electron chi connectivity index (χ2n) is 6.80. The number of pyridine rings is 1. The van der Waals surface area contributed by atoms with Crippen molar-refractivity contribution in [3.05, 3.63) is 82.1 Å². The van der Waals surface area contributed by atoms with Crippen molar-refractivity contribution in [1.82, 2.24) is 15.0 Å². The monoisotopic (exact) mass is 450 g/mol. The molecule has 0 aliphatic carbocycles. The van der Waals surface area contributed by atoms with Gasteiger partial charge in [-0.25, -0.2) is 9.97 Å². The molecule has 0 saturated carbocycles. The van der Waals surface area contributed by atoms with Crippen LogP contribution in [0.3, 0.4) is 0 Å². The van der Waals surface area contributed by atoms with Gasteiger partial charge in [-0.1, -0.05) is 35.1 Å². The quantitative estimate of drug-likeness (QED) is 0.331. The second-order valence-corrected chi connectivity index (χ2v) is 9.28. The number of benzene rings is 2. The molecule has 3 heterocycles. The SMILES string of the molecule is Cc1cc(Cl)cc2sc(N(Cc3ccncc3)C(=O)c3nc4ccccc4s3)nc12. The van der Waals surface area contributed by atoms with Gasteiger partial charge in [-0.15, -0.1) is 11.3 Å². The fraction of sp³-hybridized carbons (Fsp3) is 0.0909. The number of amides is 1. The molecule has 0 radical (unpaired) electrons. The Balaban J connectivity index is 1.61. The second kappa shape index (κ2) is 7.75. The number of aromatic nitrogens is 3. The molecule has 30 heavy (non-hydrogen) atoms. The maximum absolute atomic E-state index is 13.5. The zero-order valence-corrected chi connectivity index (χ0v) is 18.3. The first-order valence-corrected chi connectivity index (χ1v) is 11.2. The van der Waals surface area contributed by atoms with E-state index < -0.39 is 0 Å².